The molecular formula is C9H17LiO4. The quantitative estimate of drug-likeness (QED) is 0.331. The molecule has 0 unspecified atom stereocenters. The average molecular weight is 196 g/mol. The van der Waals surface area contributed by atoms with Crippen molar-refractivity contribution in [3.8, 4) is 0 Å². The molecule has 78 valence electrons. The summed E-state index contributed by atoms with van der Waals surface area (Å²) in [6.45, 7) is 10.3. The first-order chi connectivity index (χ1) is 5.69. The van der Waals surface area contributed by atoms with Gasteiger partial charge in [0.1, 0.15) is 6.42 Å². The van der Waals surface area contributed by atoms with Gasteiger partial charge in [-0.3, -0.25) is 9.59 Å². The van der Waals surface area contributed by atoms with Crippen molar-refractivity contribution in [3.63, 3.8) is 0 Å². The van der Waals surface area contributed by atoms with Crippen LogP contribution in [0.2, 0.25) is 0 Å². The molecular weight excluding hydrogens is 179 g/mol. The minimum Gasteiger partial charge on any atom is -0.481 e. The molecule has 4 nitrogen and oxygen atoms in total. The van der Waals surface area contributed by atoms with Crippen molar-refractivity contribution in [1.29, 1.82) is 0 Å². The molecule has 0 aromatic rings. The van der Waals surface area contributed by atoms with Crippen LogP contribution < -0.4 is 18.9 Å². The third-order valence-electron chi connectivity index (χ3n) is 1.05. The standard InChI is InChI=1S/C6H13.C3H4O4.Li/c1-5-6(2,3)4;4-2(5)1-3(6)7;/h1,5H2,2-4H3;1H2,(H,4,5)(H,6,7);/q-1;;+1. The second-order valence-electron chi connectivity index (χ2n) is 3.77. The molecule has 14 heavy (non-hydrogen) atoms. The van der Waals surface area contributed by atoms with Crippen LogP contribution in [0.1, 0.15) is 33.6 Å². The fourth-order valence-electron chi connectivity index (χ4n) is 0.129. The number of hydrogen-bond donors (Lipinski definition) is 2. The Morgan fingerprint density at radius 3 is 1.36 bits per heavy atom. The Bertz CT molecular complexity index is 160. The van der Waals surface area contributed by atoms with Crippen molar-refractivity contribution in [2.45, 2.75) is 33.6 Å². The van der Waals surface area contributed by atoms with Crippen molar-refractivity contribution >= 4 is 11.9 Å². The van der Waals surface area contributed by atoms with E-state index in [4.69, 9.17) is 10.2 Å². The van der Waals surface area contributed by atoms with E-state index in [9.17, 15) is 9.59 Å². The van der Waals surface area contributed by atoms with Crippen molar-refractivity contribution in [2.75, 3.05) is 0 Å². The van der Waals surface area contributed by atoms with Crippen molar-refractivity contribution in [2.24, 2.45) is 5.41 Å². The smallest absolute Gasteiger partial charge is 0.481 e. The van der Waals surface area contributed by atoms with Crippen LogP contribution in [0.4, 0.5) is 0 Å². The maximum Gasteiger partial charge on any atom is 1.00 e. The van der Waals surface area contributed by atoms with Crippen LogP contribution >= 0.6 is 0 Å². The van der Waals surface area contributed by atoms with Gasteiger partial charge in [-0.25, -0.2) is 0 Å². The van der Waals surface area contributed by atoms with Gasteiger partial charge in [-0.1, -0.05) is 26.2 Å². The van der Waals surface area contributed by atoms with E-state index < -0.39 is 18.4 Å². The first-order valence-electron chi connectivity index (χ1n) is 3.92. The molecule has 0 saturated heterocycles. The Hall–Kier alpha value is -0.463. The maximum absolute atomic E-state index is 9.43. The number of aliphatic carboxylic acids is 2. The predicted molar refractivity (Wildman–Crippen MR) is 49.3 cm³/mol. The number of hydrogen-bond acceptors (Lipinski definition) is 2. The van der Waals surface area contributed by atoms with Gasteiger partial charge in [-0.2, -0.15) is 6.42 Å². The molecule has 0 bridgehead atoms. The fraction of sp³-hybridized carbons (Fsp3) is 0.667. The molecule has 0 aliphatic heterocycles. The predicted octanol–water partition coefficient (Wildman–Crippen LogP) is -1.19. The summed E-state index contributed by atoms with van der Waals surface area (Å²) < 4.78 is 0. The van der Waals surface area contributed by atoms with Crippen LogP contribution in [-0.2, 0) is 9.59 Å². The SMILES string of the molecule is O=C(O)CC(=O)O.[CH2-]CC(C)(C)C.[Li+]. The molecule has 0 aromatic heterocycles. The van der Waals surface area contributed by atoms with Crippen LogP contribution in [0.25, 0.3) is 0 Å². The van der Waals surface area contributed by atoms with Crippen LogP contribution in [0.15, 0.2) is 0 Å². The van der Waals surface area contributed by atoms with Gasteiger partial charge < -0.3 is 17.1 Å². The van der Waals surface area contributed by atoms with Gasteiger partial charge in [0.2, 0.25) is 0 Å². The second kappa shape index (κ2) is 9.11. The Morgan fingerprint density at radius 2 is 1.36 bits per heavy atom. The van der Waals surface area contributed by atoms with E-state index in [1.54, 1.807) is 0 Å². The van der Waals surface area contributed by atoms with Gasteiger partial charge in [-0.05, 0) is 0 Å². The number of carboxylic acids is 2. The van der Waals surface area contributed by atoms with Gasteiger partial charge in [0.25, 0.3) is 0 Å². The minimum atomic E-state index is -1.31. The maximum atomic E-state index is 9.43. The summed E-state index contributed by atoms with van der Waals surface area (Å²) in [4.78, 5) is 18.9. The van der Waals surface area contributed by atoms with Gasteiger partial charge in [0.15, 0.2) is 0 Å². The second-order valence-corrected chi connectivity index (χ2v) is 3.77. The van der Waals surface area contributed by atoms with Crippen LogP contribution in [0, 0.1) is 12.3 Å². The van der Waals surface area contributed by atoms with E-state index in [2.05, 4.69) is 27.7 Å². The Kier molecular flexibility index (Phi) is 12.5. The van der Waals surface area contributed by atoms with E-state index in [0.29, 0.717) is 5.41 Å². The summed E-state index contributed by atoms with van der Waals surface area (Å²) in [7, 11) is 0. The summed E-state index contributed by atoms with van der Waals surface area (Å²) in [6, 6.07) is 0. The Morgan fingerprint density at radius 1 is 1.14 bits per heavy atom. The molecule has 5 heteroatoms. The van der Waals surface area contributed by atoms with Gasteiger partial charge in [0.05, 0.1) is 0 Å². The summed E-state index contributed by atoms with van der Waals surface area (Å²) >= 11 is 0. The van der Waals surface area contributed by atoms with Crippen molar-refractivity contribution in [1.82, 2.24) is 0 Å². The van der Waals surface area contributed by atoms with E-state index in [1.807, 2.05) is 0 Å². The zero-order chi connectivity index (χ0) is 11.1. The molecule has 0 fully saturated rings. The molecule has 0 saturated carbocycles. The molecule has 2 N–H and O–H groups in total. The monoisotopic (exact) mass is 196 g/mol. The van der Waals surface area contributed by atoms with Crippen LogP contribution in [-0.4, -0.2) is 22.2 Å². The van der Waals surface area contributed by atoms with Gasteiger partial charge >= 0.3 is 30.8 Å². The zero-order valence-electron chi connectivity index (χ0n) is 9.33. The third kappa shape index (κ3) is 30.0. The van der Waals surface area contributed by atoms with Gasteiger partial charge in [-0.15, -0.1) is 0 Å². The zero-order valence-corrected chi connectivity index (χ0v) is 9.33. The number of carbonyl (C=O) groups is 2. The topological polar surface area (TPSA) is 74.6 Å². The molecule has 0 rings (SSSR count). The number of carboxylic acid groups (broad SMARTS) is 2. The molecule has 0 aromatic carbocycles. The van der Waals surface area contributed by atoms with Crippen LogP contribution in [0.3, 0.4) is 0 Å². The van der Waals surface area contributed by atoms with E-state index >= 15 is 0 Å². The minimum absolute atomic E-state index is 0. The molecule has 0 radical (unpaired) electrons. The summed E-state index contributed by atoms with van der Waals surface area (Å²) in [5.41, 5.74) is 0.431. The summed E-state index contributed by atoms with van der Waals surface area (Å²) in [5, 5.41) is 15.4. The van der Waals surface area contributed by atoms with E-state index in [1.165, 1.54) is 0 Å². The average Bonchev–Trinajstić information content (AvgIpc) is 1.84. The van der Waals surface area contributed by atoms with Crippen molar-refractivity contribution < 1.29 is 38.7 Å². The Labute approximate surface area is 96.9 Å². The largest absolute Gasteiger partial charge is 1.00 e. The molecule has 0 spiro atoms. The molecule has 0 heterocycles. The number of rotatable bonds is 2. The fourth-order valence-corrected chi connectivity index (χ4v) is 0.129. The van der Waals surface area contributed by atoms with Gasteiger partial charge in [0, 0.05) is 0 Å². The molecule has 0 aliphatic carbocycles. The van der Waals surface area contributed by atoms with E-state index in [0.717, 1.165) is 6.42 Å². The summed E-state index contributed by atoms with van der Waals surface area (Å²) in [5.74, 6) is -2.62. The van der Waals surface area contributed by atoms with Crippen LogP contribution in [0.5, 0.6) is 0 Å². The van der Waals surface area contributed by atoms with E-state index in [-0.39, 0.29) is 18.9 Å². The first kappa shape index (κ1) is 19.2. The normalized spacial score (nSPS) is 9.14. The summed E-state index contributed by atoms with van der Waals surface area (Å²) in [6.07, 6.45) is 0.215. The third-order valence-corrected chi connectivity index (χ3v) is 1.05. The molecule has 0 amide bonds. The van der Waals surface area contributed by atoms with Crippen molar-refractivity contribution in [3.05, 3.63) is 6.92 Å². The molecule has 0 atom stereocenters. The molecule has 0 aliphatic rings. The first-order valence-corrected chi connectivity index (χ1v) is 3.92. The Balaban J connectivity index is -0.000000163.